The van der Waals surface area contributed by atoms with Crippen molar-refractivity contribution in [1.82, 2.24) is 4.57 Å². The molecule has 1 aromatic heterocycles. The lowest BCUT2D eigenvalue weighted by atomic mass is 10.2. The van der Waals surface area contributed by atoms with Gasteiger partial charge in [0.25, 0.3) is 5.91 Å². The summed E-state index contributed by atoms with van der Waals surface area (Å²) in [6.07, 6.45) is 2.91. The number of hydrogen-bond acceptors (Lipinski definition) is 8. The molecule has 0 aliphatic carbocycles. The predicted octanol–water partition coefficient (Wildman–Crippen LogP) is 2.82. The Balaban J connectivity index is 1.99. The molecule has 33 heavy (non-hydrogen) atoms. The summed E-state index contributed by atoms with van der Waals surface area (Å²) < 4.78 is 22.2. The van der Waals surface area contributed by atoms with Gasteiger partial charge >= 0.3 is 11.9 Å². The Bertz CT molecular complexity index is 1300. The van der Waals surface area contributed by atoms with Crippen molar-refractivity contribution in [3.8, 4) is 11.5 Å². The van der Waals surface area contributed by atoms with Gasteiger partial charge in [-0.05, 0) is 42.0 Å². The zero-order valence-corrected chi connectivity index (χ0v) is 19.3. The third-order valence-electron chi connectivity index (χ3n) is 4.65. The minimum absolute atomic E-state index is 0.139. The Kier molecular flexibility index (Phi) is 7.62. The van der Waals surface area contributed by atoms with Crippen LogP contribution in [0, 0.1) is 0 Å². The molecule has 0 fully saturated rings. The van der Waals surface area contributed by atoms with Gasteiger partial charge in [0.2, 0.25) is 0 Å². The molecule has 0 unspecified atom stereocenters. The van der Waals surface area contributed by atoms with Crippen LogP contribution in [0.4, 0.5) is 0 Å². The number of fused-ring (bicyclic) bond motifs is 1. The van der Waals surface area contributed by atoms with E-state index >= 15 is 0 Å². The second kappa shape index (κ2) is 10.6. The minimum atomic E-state index is -0.525. The van der Waals surface area contributed by atoms with E-state index < -0.39 is 17.8 Å². The number of thiazole rings is 1. The van der Waals surface area contributed by atoms with Crippen LogP contribution in [-0.4, -0.2) is 50.9 Å². The van der Waals surface area contributed by atoms with Gasteiger partial charge in [0.15, 0.2) is 16.3 Å². The fraction of sp³-hybridized carbons (Fsp3) is 0.217. The fourth-order valence-corrected chi connectivity index (χ4v) is 4.08. The number of esters is 2. The first-order valence-corrected chi connectivity index (χ1v) is 10.5. The lowest BCUT2D eigenvalue weighted by Crippen LogP contribution is -2.22. The molecular weight excluding hydrogens is 448 g/mol. The van der Waals surface area contributed by atoms with Crippen LogP contribution in [-0.2, 0) is 25.6 Å². The number of amides is 1. The summed E-state index contributed by atoms with van der Waals surface area (Å²) in [5.41, 5.74) is 1.70. The summed E-state index contributed by atoms with van der Waals surface area (Å²) in [7, 11) is 5.64. The molecule has 9 nitrogen and oxygen atoms in total. The lowest BCUT2D eigenvalue weighted by Gasteiger charge is -2.07. The average Bonchev–Trinajstić information content (AvgIpc) is 3.17. The predicted molar refractivity (Wildman–Crippen MR) is 122 cm³/mol. The Hall–Kier alpha value is -3.92. The second-order valence-electron chi connectivity index (χ2n) is 6.62. The number of nitrogens with zero attached hydrogens (tertiary/aromatic N) is 2. The number of benzene rings is 2. The molecule has 0 spiro atoms. The Labute approximate surface area is 193 Å². The summed E-state index contributed by atoms with van der Waals surface area (Å²) in [6, 6.07) is 10.1. The molecule has 10 heteroatoms. The molecule has 0 radical (unpaired) electrons. The van der Waals surface area contributed by atoms with Crippen LogP contribution in [0.1, 0.15) is 15.9 Å². The van der Waals surface area contributed by atoms with Crippen LogP contribution in [0.2, 0.25) is 0 Å². The van der Waals surface area contributed by atoms with E-state index in [2.05, 4.69) is 4.99 Å². The van der Waals surface area contributed by atoms with Crippen LogP contribution >= 0.6 is 11.3 Å². The number of aromatic nitrogens is 1. The van der Waals surface area contributed by atoms with Gasteiger partial charge < -0.3 is 23.5 Å². The van der Waals surface area contributed by atoms with Crippen molar-refractivity contribution < 1.29 is 33.3 Å². The van der Waals surface area contributed by atoms with Crippen LogP contribution in [0.5, 0.6) is 11.5 Å². The first-order valence-electron chi connectivity index (χ1n) is 9.67. The van der Waals surface area contributed by atoms with Crippen LogP contribution in [0.3, 0.4) is 0 Å². The number of carbonyl (C=O) groups excluding carboxylic acids is 3. The molecule has 1 amide bonds. The Morgan fingerprint density at radius 2 is 1.73 bits per heavy atom. The molecule has 0 saturated carbocycles. The van der Waals surface area contributed by atoms with Crippen LogP contribution < -0.4 is 14.3 Å². The van der Waals surface area contributed by atoms with E-state index in [4.69, 9.17) is 18.9 Å². The zero-order valence-electron chi connectivity index (χ0n) is 18.5. The van der Waals surface area contributed by atoms with Crippen LogP contribution in [0.25, 0.3) is 16.3 Å². The maximum Gasteiger partial charge on any atom is 0.337 e. The lowest BCUT2D eigenvalue weighted by molar-refractivity contribution is -0.141. The summed E-state index contributed by atoms with van der Waals surface area (Å²) >= 11 is 1.17. The highest BCUT2D eigenvalue weighted by atomic mass is 32.1. The molecule has 3 aromatic rings. The van der Waals surface area contributed by atoms with Gasteiger partial charge in [-0.3, -0.25) is 9.59 Å². The first kappa shape index (κ1) is 23.7. The van der Waals surface area contributed by atoms with Crippen molar-refractivity contribution in [2.75, 3.05) is 28.4 Å². The SMILES string of the molecule is COC(=O)Cn1c(=NC(=O)/C=C\c2ccc(OC)c(OC)c2)sc2cc(C(=O)OC)ccc21. The Morgan fingerprint density at radius 3 is 2.39 bits per heavy atom. The van der Waals surface area contributed by atoms with Crippen molar-refractivity contribution in [2.24, 2.45) is 4.99 Å². The smallest absolute Gasteiger partial charge is 0.337 e. The fourth-order valence-electron chi connectivity index (χ4n) is 3.01. The maximum atomic E-state index is 12.6. The van der Waals surface area contributed by atoms with Crippen molar-refractivity contribution in [2.45, 2.75) is 6.54 Å². The van der Waals surface area contributed by atoms with Crippen molar-refractivity contribution in [3.63, 3.8) is 0 Å². The van der Waals surface area contributed by atoms with Crippen molar-refractivity contribution in [3.05, 3.63) is 58.4 Å². The number of rotatable bonds is 7. The van der Waals surface area contributed by atoms with Crippen molar-refractivity contribution >= 4 is 45.5 Å². The third kappa shape index (κ3) is 5.47. The minimum Gasteiger partial charge on any atom is -0.493 e. The molecule has 0 saturated heterocycles. The zero-order chi connectivity index (χ0) is 24.0. The van der Waals surface area contributed by atoms with E-state index in [-0.39, 0.29) is 6.54 Å². The quantitative estimate of drug-likeness (QED) is 0.386. The highest BCUT2D eigenvalue weighted by Crippen LogP contribution is 2.28. The molecule has 2 aromatic carbocycles. The molecule has 1 heterocycles. The second-order valence-corrected chi connectivity index (χ2v) is 7.63. The number of methoxy groups -OCH3 is 4. The largest absolute Gasteiger partial charge is 0.493 e. The van der Waals surface area contributed by atoms with E-state index in [0.29, 0.717) is 32.1 Å². The average molecular weight is 471 g/mol. The summed E-state index contributed by atoms with van der Waals surface area (Å²) in [5, 5.41) is 0. The molecule has 3 rings (SSSR count). The van der Waals surface area contributed by atoms with Gasteiger partial charge in [-0.15, -0.1) is 0 Å². The highest BCUT2D eigenvalue weighted by molar-refractivity contribution is 7.16. The summed E-state index contributed by atoms with van der Waals surface area (Å²) in [4.78, 5) is 40.8. The van der Waals surface area contributed by atoms with Gasteiger partial charge in [0.05, 0.1) is 44.2 Å². The van der Waals surface area contributed by atoms with E-state index in [1.165, 1.54) is 38.7 Å². The monoisotopic (exact) mass is 470 g/mol. The Morgan fingerprint density at radius 1 is 0.970 bits per heavy atom. The van der Waals surface area contributed by atoms with E-state index in [1.807, 2.05) is 0 Å². The third-order valence-corrected chi connectivity index (χ3v) is 5.69. The maximum absolute atomic E-state index is 12.6. The van der Waals surface area contributed by atoms with Crippen LogP contribution in [0.15, 0.2) is 47.5 Å². The summed E-state index contributed by atoms with van der Waals surface area (Å²) in [6.45, 7) is -0.139. The van der Waals surface area contributed by atoms with Gasteiger partial charge in [0, 0.05) is 6.08 Å². The van der Waals surface area contributed by atoms with E-state index in [9.17, 15) is 14.4 Å². The molecule has 0 aliphatic rings. The van der Waals surface area contributed by atoms with E-state index in [0.717, 1.165) is 5.56 Å². The van der Waals surface area contributed by atoms with Gasteiger partial charge in [0.1, 0.15) is 6.54 Å². The topological polar surface area (TPSA) is 105 Å². The normalized spacial score (nSPS) is 11.6. The number of carbonyl (C=O) groups is 3. The summed E-state index contributed by atoms with van der Waals surface area (Å²) in [5.74, 6) is -0.404. The number of ether oxygens (including phenoxy) is 4. The van der Waals surface area contributed by atoms with Gasteiger partial charge in [-0.25, -0.2) is 4.79 Å². The molecular formula is C23H22N2O7S. The van der Waals surface area contributed by atoms with Crippen molar-refractivity contribution in [1.29, 1.82) is 0 Å². The van der Waals surface area contributed by atoms with E-state index in [1.54, 1.807) is 54.2 Å². The molecule has 0 atom stereocenters. The van der Waals surface area contributed by atoms with Gasteiger partial charge in [-0.1, -0.05) is 17.4 Å². The first-order chi connectivity index (χ1) is 15.9. The number of hydrogen-bond donors (Lipinski definition) is 0. The molecule has 0 bridgehead atoms. The molecule has 0 aliphatic heterocycles. The highest BCUT2D eigenvalue weighted by Gasteiger charge is 2.14. The standard InChI is InChI=1S/C23H22N2O7S/c1-29-17-9-5-14(11-18(17)30-2)6-10-20(26)24-23-25(13-21(27)31-3)16-8-7-15(22(28)32-4)12-19(16)33-23/h5-12H,13H2,1-4H3/b10-6-,24-23?. The molecule has 172 valence electrons. The van der Waals surface area contributed by atoms with Gasteiger partial charge in [-0.2, -0.15) is 4.99 Å². The molecule has 0 N–H and O–H groups in total.